The molecule has 2 aromatic heterocycles. The predicted molar refractivity (Wildman–Crippen MR) is 94.6 cm³/mol. The summed E-state index contributed by atoms with van der Waals surface area (Å²) >= 11 is 6.84. The number of thiophene rings is 1. The molecule has 1 N–H and O–H groups in total. The molecule has 3 rings (SSSR count). The fourth-order valence-electron chi connectivity index (χ4n) is 1.84. The molecule has 2 heterocycles. The summed E-state index contributed by atoms with van der Waals surface area (Å²) in [4.78, 5) is 11.2. The van der Waals surface area contributed by atoms with Crippen molar-refractivity contribution in [1.82, 2.24) is 9.97 Å². The lowest BCUT2D eigenvalue weighted by Crippen LogP contribution is -1.97. The van der Waals surface area contributed by atoms with Gasteiger partial charge in [0.2, 0.25) is 5.95 Å². The van der Waals surface area contributed by atoms with E-state index in [1.807, 2.05) is 24.3 Å². The van der Waals surface area contributed by atoms with Crippen LogP contribution >= 0.6 is 39.0 Å². The maximum absolute atomic E-state index is 4.57. The smallest absolute Gasteiger partial charge is 0.227 e. The molecule has 0 unspecified atom stereocenters. The van der Waals surface area contributed by atoms with Gasteiger partial charge in [0.05, 0.1) is 14.4 Å². The predicted octanol–water partition coefficient (Wildman–Crippen LogP) is 5.43. The Bertz CT molecular complexity index is 758. The van der Waals surface area contributed by atoms with E-state index in [-0.39, 0.29) is 0 Å². The van der Waals surface area contributed by atoms with Crippen molar-refractivity contribution in [2.24, 2.45) is 0 Å². The third-order valence-electron chi connectivity index (χ3n) is 2.81. The number of aromatic nitrogens is 2. The Morgan fingerprint density at radius 2 is 2.10 bits per heavy atom. The van der Waals surface area contributed by atoms with E-state index in [4.69, 9.17) is 0 Å². The first-order valence-electron chi connectivity index (χ1n) is 6.24. The number of nitrogens with one attached hydrogen (secondary N) is 1. The van der Waals surface area contributed by atoms with E-state index in [1.54, 1.807) is 29.3 Å². The summed E-state index contributed by atoms with van der Waals surface area (Å²) in [5, 5.41) is 3.25. The number of anilines is 2. The Morgan fingerprint density at radius 3 is 2.86 bits per heavy atom. The molecule has 0 saturated heterocycles. The van der Waals surface area contributed by atoms with Crippen molar-refractivity contribution in [3.05, 3.63) is 52.4 Å². The quantitative estimate of drug-likeness (QED) is 0.614. The highest BCUT2D eigenvalue weighted by Crippen LogP contribution is 2.30. The van der Waals surface area contributed by atoms with E-state index in [1.165, 1.54) is 4.90 Å². The van der Waals surface area contributed by atoms with Crippen LogP contribution in [0.1, 0.15) is 0 Å². The molecule has 0 aliphatic rings. The number of benzene rings is 1. The highest BCUT2D eigenvalue weighted by molar-refractivity contribution is 9.11. The van der Waals surface area contributed by atoms with Gasteiger partial charge in [0, 0.05) is 16.8 Å². The minimum Gasteiger partial charge on any atom is -0.324 e. The van der Waals surface area contributed by atoms with E-state index >= 15 is 0 Å². The Hall–Kier alpha value is -1.37. The molecule has 0 aliphatic heterocycles. The maximum atomic E-state index is 4.57. The van der Waals surface area contributed by atoms with Crippen LogP contribution < -0.4 is 5.32 Å². The fraction of sp³-hybridized carbons (Fsp3) is 0.0667. The van der Waals surface area contributed by atoms with Crippen molar-refractivity contribution < 1.29 is 0 Å². The first-order chi connectivity index (χ1) is 10.2. The monoisotopic (exact) mass is 377 g/mol. The van der Waals surface area contributed by atoms with Gasteiger partial charge in [-0.2, -0.15) is 0 Å². The third kappa shape index (κ3) is 3.64. The van der Waals surface area contributed by atoms with Crippen molar-refractivity contribution in [2.45, 2.75) is 4.90 Å². The average molecular weight is 378 g/mol. The molecule has 6 heteroatoms. The highest BCUT2D eigenvalue weighted by Gasteiger charge is 2.05. The normalized spacial score (nSPS) is 10.6. The summed E-state index contributed by atoms with van der Waals surface area (Å²) in [5.41, 5.74) is 1.91. The van der Waals surface area contributed by atoms with Gasteiger partial charge in [-0.15, -0.1) is 23.1 Å². The van der Waals surface area contributed by atoms with Gasteiger partial charge in [0.1, 0.15) is 0 Å². The van der Waals surface area contributed by atoms with Crippen LogP contribution in [0.25, 0.3) is 10.6 Å². The summed E-state index contributed by atoms with van der Waals surface area (Å²) < 4.78 is 1.10. The molecule has 3 nitrogen and oxygen atoms in total. The molecule has 0 bridgehead atoms. The van der Waals surface area contributed by atoms with Gasteiger partial charge in [0.25, 0.3) is 0 Å². The van der Waals surface area contributed by atoms with Crippen LogP contribution in [0.2, 0.25) is 0 Å². The summed E-state index contributed by atoms with van der Waals surface area (Å²) in [5.74, 6) is 0.607. The molecule has 21 heavy (non-hydrogen) atoms. The fourth-order valence-corrected chi connectivity index (χ4v) is 3.65. The van der Waals surface area contributed by atoms with Gasteiger partial charge in [-0.05, 0) is 58.6 Å². The molecule has 0 radical (unpaired) electrons. The Kier molecular flexibility index (Phi) is 4.57. The molecule has 0 amide bonds. The first-order valence-corrected chi connectivity index (χ1v) is 9.08. The Labute approximate surface area is 140 Å². The van der Waals surface area contributed by atoms with Gasteiger partial charge in [-0.25, -0.2) is 9.97 Å². The number of hydrogen-bond donors (Lipinski definition) is 1. The van der Waals surface area contributed by atoms with E-state index in [0.29, 0.717) is 5.95 Å². The lowest BCUT2D eigenvalue weighted by molar-refractivity contribution is 1.17. The zero-order chi connectivity index (χ0) is 14.7. The average Bonchev–Trinajstić information content (AvgIpc) is 2.94. The van der Waals surface area contributed by atoms with Crippen molar-refractivity contribution >= 4 is 50.7 Å². The number of rotatable bonds is 4. The van der Waals surface area contributed by atoms with Gasteiger partial charge >= 0.3 is 0 Å². The third-order valence-corrected chi connectivity index (χ3v) is 5.18. The second-order valence-electron chi connectivity index (χ2n) is 4.23. The lowest BCUT2D eigenvalue weighted by atomic mass is 10.3. The minimum atomic E-state index is 0.607. The van der Waals surface area contributed by atoms with Crippen LogP contribution in [0, 0.1) is 0 Å². The highest BCUT2D eigenvalue weighted by atomic mass is 79.9. The SMILES string of the molecule is CSc1cccc(Nc2nccc(-c3ccc(Br)s3)n2)c1. The number of halogens is 1. The lowest BCUT2D eigenvalue weighted by Gasteiger charge is -2.07. The van der Waals surface area contributed by atoms with Crippen LogP contribution in [-0.2, 0) is 0 Å². The molecule has 0 aliphatic carbocycles. The van der Waals surface area contributed by atoms with Crippen molar-refractivity contribution in [1.29, 1.82) is 0 Å². The van der Waals surface area contributed by atoms with Gasteiger partial charge < -0.3 is 5.32 Å². The minimum absolute atomic E-state index is 0.607. The molecule has 0 saturated carbocycles. The largest absolute Gasteiger partial charge is 0.324 e. The molecule has 0 spiro atoms. The zero-order valence-electron chi connectivity index (χ0n) is 11.2. The molecule has 106 valence electrons. The van der Waals surface area contributed by atoms with E-state index in [9.17, 15) is 0 Å². The topological polar surface area (TPSA) is 37.8 Å². The van der Waals surface area contributed by atoms with Crippen molar-refractivity contribution in [3.8, 4) is 10.6 Å². The second kappa shape index (κ2) is 6.60. The van der Waals surface area contributed by atoms with E-state index in [0.717, 1.165) is 20.0 Å². The molecule has 0 fully saturated rings. The van der Waals surface area contributed by atoms with Crippen LogP contribution in [0.15, 0.2) is 57.3 Å². The number of hydrogen-bond acceptors (Lipinski definition) is 5. The summed E-state index contributed by atoms with van der Waals surface area (Å²) in [7, 11) is 0. The maximum Gasteiger partial charge on any atom is 0.227 e. The molecule has 1 aromatic carbocycles. The molecular weight excluding hydrogens is 366 g/mol. The number of thioether (sulfide) groups is 1. The second-order valence-corrected chi connectivity index (χ2v) is 7.57. The van der Waals surface area contributed by atoms with Gasteiger partial charge in [0.15, 0.2) is 0 Å². The Morgan fingerprint density at radius 1 is 1.19 bits per heavy atom. The standard InChI is InChI=1S/C15H12BrN3S2/c1-20-11-4-2-3-10(9-11)18-15-17-8-7-12(19-15)13-5-6-14(16)21-13/h2-9H,1H3,(H,17,18,19). The summed E-state index contributed by atoms with van der Waals surface area (Å²) in [6, 6.07) is 14.2. The van der Waals surface area contributed by atoms with Crippen molar-refractivity contribution in [3.63, 3.8) is 0 Å². The summed E-state index contributed by atoms with van der Waals surface area (Å²) in [6.45, 7) is 0. The van der Waals surface area contributed by atoms with Crippen LogP contribution in [0.5, 0.6) is 0 Å². The van der Waals surface area contributed by atoms with Crippen molar-refractivity contribution in [2.75, 3.05) is 11.6 Å². The van der Waals surface area contributed by atoms with E-state index in [2.05, 4.69) is 55.7 Å². The van der Waals surface area contributed by atoms with E-state index < -0.39 is 0 Å². The first kappa shape index (κ1) is 14.6. The van der Waals surface area contributed by atoms with Crippen LogP contribution in [0.3, 0.4) is 0 Å². The zero-order valence-corrected chi connectivity index (χ0v) is 14.4. The molecular formula is C15H12BrN3S2. The van der Waals surface area contributed by atoms with Crippen LogP contribution in [0.4, 0.5) is 11.6 Å². The summed E-state index contributed by atoms with van der Waals surface area (Å²) in [6.07, 6.45) is 3.83. The molecule has 3 aromatic rings. The van der Waals surface area contributed by atoms with Crippen LogP contribution in [-0.4, -0.2) is 16.2 Å². The van der Waals surface area contributed by atoms with Gasteiger partial charge in [-0.3, -0.25) is 0 Å². The van der Waals surface area contributed by atoms with Gasteiger partial charge in [-0.1, -0.05) is 6.07 Å². The number of nitrogens with zero attached hydrogens (tertiary/aromatic N) is 2. The Balaban J connectivity index is 1.86. The molecule has 0 atom stereocenters.